The molecular weight excluding hydrogens is 1230 g/mol. The molecule has 2 aliphatic carbocycles. The van der Waals surface area contributed by atoms with Gasteiger partial charge in [-0.1, -0.05) is 222 Å². The lowest BCUT2D eigenvalue weighted by atomic mass is 9.74. The fraction of sp³-hybridized carbons (Fsp3) is 0.207. The highest BCUT2D eigenvalue weighted by molar-refractivity contribution is 9.10. The summed E-state index contributed by atoms with van der Waals surface area (Å²) in [4.78, 5) is 14.1. The van der Waals surface area contributed by atoms with E-state index >= 15 is 0 Å². The molecule has 4 aliphatic rings. The van der Waals surface area contributed by atoms with Crippen LogP contribution in [0.4, 0.5) is 0 Å². The highest BCUT2D eigenvalue weighted by Crippen LogP contribution is 2.58. The van der Waals surface area contributed by atoms with Gasteiger partial charge in [0.25, 0.3) is 0 Å². The summed E-state index contributed by atoms with van der Waals surface area (Å²) in [6.45, 7) is 29.8. The van der Waals surface area contributed by atoms with Crippen LogP contribution in [0, 0.1) is 41.5 Å². The van der Waals surface area contributed by atoms with E-state index in [0.29, 0.717) is 0 Å². The topological polar surface area (TPSA) is 54.0 Å². The van der Waals surface area contributed by atoms with Crippen LogP contribution in [-0.4, -0.2) is 42.4 Å². The smallest absolute Gasteiger partial charge is 0.399 e. The van der Waals surface area contributed by atoms with E-state index in [2.05, 4.69) is 301 Å². The first-order chi connectivity index (χ1) is 45.5. The Hall–Kier alpha value is -8.72. The summed E-state index contributed by atoms with van der Waals surface area (Å²) in [6.07, 6.45) is 0. The maximum atomic E-state index is 14.1. The van der Waals surface area contributed by atoms with Gasteiger partial charge < -0.3 is 18.6 Å². The van der Waals surface area contributed by atoms with Gasteiger partial charge in [-0.3, -0.25) is 4.79 Å². The third kappa shape index (κ3) is 9.91. The highest BCUT2D eigenvalue weighted by Gasteiger charge is 2.53. The quantitative estimate of drug-likeness (QED) is 0.0943. The molecule has 13 aromatic rings. The molecule has 0 aromatic heterocycles. The molecule has 0 spiro atoms. The Morgan fingerprint density at radius 2 is 0.600 bits per heavy atom. The van der Waals surface area contributed by atoms with Crippen molar-refractivity contribution in [2.75, 3.05) is 0 Å². The number of benzene rings is 13. The van der Waals surface area contributed by atoms with Crippen LogP contribution in [0.15, 0.2) is 217 Å². The summed E-state index contributed by atoms with van der Waals surface area (Å²) in [5.74, 6) is 0.124. The highest BCUT2D eigenvalue weighted by atomic mass is 79.9. The van der Waals surface area contributed by atoms with Crippen molar-refractivity contribution in [1.82, 2.24) is 0 Å². The monoisotopic (exact) mass is 1300 g/mol. The molecule has 13 aromatic carbocycles. The number of aryl methyl sites for hydroxylation is 6. The van der Waals surface area contributed by atoms with E-state index < -0.39 is 7.12 Å². The van der Waals surface area contributed by atoms with Crippen LogP contribution in [0.5, 0.6) is 0 Å². The summed E-state index contributed by atoms with van der Waals surface area (Å²) in [7, 11) is -0.746. The Morgan fingerprint density at radius 1 is 0.274 bits per heavy atom. The molecule has 2 fully saturated rings. The Labute approximate surface area is 567 Å². The molecule has 2 aliphatic heterocycles. The molecule has 0 radical (unpaired) electrons. The van der Waals surface area contributed by atoms with Crippen molar-refractivity contribution in [2.24, 2.45) is 0 Å². The van der Waals surface area contributed by atoms with Gasteiger partial charge in [0.15, 0.2) is 5.78 Å². The fourth-order valence-corrected chi connectivity index (χ4v) is 15.9. The van der Waals surface area contributed by atoms with Crippen molar-refractivity contribution >= 4 is 134 Å². The van der Waals surface area contributed by atoms with E-state index in [1.807, 2.05) is 24.3 Å². The van der Waals surface area contributed by atoms with E-state index in [1.54, 1.807) is 0 Å². The minimum Gasteiger partial charge on any atom is -0.399 e. The lowest BCUT2D eigenvalue weighted by molar-refractivity contribution is -0.108. The number of Topliss-reactive ketones (excluding diaryl/α,β-unsaturated/α-hetero) is 1. The maximum absolute atomic E-state index is 14.1. The summed E-state index contributed by atoms with van der Waals surface area (Å²) >= 11 is 3.73. The molecule has 0 amide bonds. The number of halogens is 1. The zero-order valence-electron chi connectivity index (χ0n) is 56.8. The second kappa shape index (κ2) is 23.0. The summed E-state index contributed by atoms with van der Waals surface area (Å²) in [5, 5.41) is 15.1. The number of ketones is 1. The van der Waals surface area contributed by atoms with Crippen molar-refractivity contribution in [3.05, 3.63) is 272 Å². The zero-order chi connectivity index (χ0) is 66.4. The molecule has 0 unspecified atom stereocenters. The van der Waals surface area contributed by atoms with Gasteiger partial charge in [0.1, 0.15) is 0 Å². The lowest BCUT2D eigenvalue weighted by Crippen LogP contribution is -2.41. The van der Waals surface area contributed by atoms with Gasteiger partial charge in [0.2, 0.25) is 0 Å². The predicted molar refractivity (Wildman–Crippen MR) is 405 cm³/mol. The minimum absolute atomic E-state index is 0.124. The molecule has 17 rings (SSSR count). The van der Waals surface area contributed by atoms with Crippen molar-refractivity contribution in [2.45, 2.75) is 119 Å². The molecule has 0 saturated carbocycles. The molecule has 0 atom stereocenters. The molecule has 0 bridgehead atoms. The first-order valence-electron chi connectivity index (χ1n) is 33.3. The second-order valence-electron chi connectivity index (χ2n) is 28.6. The van der Waals surface area contributed by atoms with Crippen molar-refractivity contribution in [3.8, 4) is 22.3 Å². The number of hydrogen-bond donors (Lipinski definition) is 0. The first-order valence-corrected chi connectivity index (χ1v) is 34.1. The lowest BCUT2D eigenvalue weighted by Gasteiger charge is -2.32. The van der Waals surface area contributed by atoms with Crippen LogP contribution >= 0.6 is 15.9 Å². The second-order valence-corrected chi connectivity index (χ2v) is 29.4. The van der Waals surface area contributed by atoms with Crippen molar-refractivity contribution in [1.29, 1.82) is 0 Å². The van der Waals surface area contributed by atoms with Crippen LogP contribution in [0.25, 0.3) is 109 Å². The van der Waals surface area contributed by atoms with E-state index in [0.717, 1.165) is 71.1 Å². The fourth-order valence-electron chi connectivity index (χ4n) is 15.5. The molecule has 95 heavy (non-hydrogen) atoms. The standard InChI is InChI=1S/C34H31BO2.C29H19BrO.C24H27BO2/c1-20-10-7-11-21(2)30(20)25-16-17-26-27-18-19-29(35-36-33(3,4)34(5,6)37-35)28-15-9-14-23(32(27)28)22-12-8-13-24(25)31(22)26;1-16-8-3-5-10-18(16)27-25-21-13-7-12-20-23(30)15-14-22(24(20)21)26(25)28(29(27)31)19-11-6-4-9-17(19)2;1-16-10-9-11-17(2)22(16)20-14-15-21(19-13-8-7-12-18(19)20)25-26-23(3,4)24(5,6)27-25/h7-19H,1-6H3;3-15H,1-2H3;7-15H,1-6H3. The van der Waals surface area contributed by atoms with E-state index in [-0.39, 0.29) is 35.3 Å². The number of fused-ring (bicyclic) bond motifs is 6. The van der Waals surface area contributed by atoms with E-state index in [9.17, 15) is 4.79 Å². The third-order valence-corrected chi connectivity index (χ3v) is 22.4. The SMILES string of the molecule is Cc1cccc(C)c1-c1ccc(B2OC(C)(C)C(C)(C)O2)c2ccccc12.Cc1cccc(C)c1-c1ccc2c3ccc(B4OC(C)(C)C(C)(C)O4)c4cccc(c5cccc1c52)c43.Cc1ccccc1C1=C2C(=C(c3ccccc3C)C1=O)c1ccc(Br)c3cccc2c13. The van der Waals surface area contributed by atoms with Gasteiger partial charge in [-0.2, -0.15) is 0 Å². The molecule has 2 saturated heterocycles. The van der Waals surface area contributed by atoms with Gasteiger partial charge in [0.05, 0.1) is 22.4 Å². The van der Waals surface area contributed by atoms with Crippen molar-refractivity contribution in [3.63, 3.8) is 0 Å². The molecule has 468 valence electrons. The zero-order valence-corrected chi connectivity index (χ0v) is 58.4. The van der Waals surface area contributed by atoms with Gasteiger partial charge in [0, 0.05) is 26.8 Å². The average molecular weight is 1300 g/mol. The number of allylic oxidation sites excluding steroid dienone is 4. The van der Waals surface area contributed by atoms with Crippen LogP contribution in [-0.2, 0) is 23.4 Å². The number of carbonyl (C=O) groups excluding carboxylic acids is 1. The predicted octanol–water partition coefficient (Wildman–Crippen LogP) is 21.4. The molecule has 8 heteroatoms. The van der Waals surface area contributed by atoms with Crippen molar-refractivity contribution < 1.29 is 23.4 Å². The maximum Gasteiger partial charge on any atom is 0.495 e. The molecular formula is C87H77B2BrO5. The first kappa shape index (κ1) is 62.4. The number of carbonyl (C=O) groups is 1. The normalized spacial score (nSPS) is 16.6. The average Bonchev–Trinajstić information content (AvgIpc) is 1.66. The van der Waals surface area contributed by atoms with Crippen LogP contribution in [0.1, 0.15) is 111 Å². The Morgan fingerprint density at radius 3 is 1.13 bits per heavy atom. The van der Waals surface area contributed by atoms with Crippen LogP contribution in [0.3, 0.4) is 0 Å². The molecule has 5 nitrogen and oxygen atoms in total. The number of rotatable bonds is 6. The summed E-state index contributed by atoms with van der Waals surface area (Å²) in [5.41, 5.74) is 21.6. The Balaban J connectivity index is 0.000000119. The molecule has 0 N–H and O–H groups in total. The Kier molecular flexibility index (Phi) is 15.1. The summed E-state index contributed by atoms with van der Waals surface area (Å²) in [6, 6.07) is 75.7. The number of hydrogen-bond acceptors (Lipinski definition) is 5. The largest absolute Gasteiger partial charge is 0.495 e. The molecule has 2 heterocycles. The van der Waals surface area contributed by atoms with Crippen LogP contribution in [0.2, 0.25) is 0 Å². The Bertz CT molecular complexity index is 5280. The van der Waals surface area contributed by atoms with Gasteiger partial charge in [-0.25, -0.2) is 0 Å². The summed E-state index contributed by atoms with van der Waals surface area (Å²) < 4.78 is 26.7. The van der Waals surface area contributed by atoms with E-state index in [4.69, 9.17) is 18.6 Å². The van der Waals surface area contributed by atoms with Gasteiger partial charge >= 0.3 is 14.2 Å². The minimum atomic E-state index is -0.391. The van der Waals surface area contributed by atoms with Gasteiger partial charge in [-0.15, -0.1) is 0 Å². The third-order valence-electron chi connectivity index (χ3n) is 21.7. The van der Waals surface area contributed by atoms with Gasteiger partial charge in [-0.05, 0) is 256 Å². The van der Waals surface area contributed by atoms with Crippen LogP contribution < -0.4 is 10.9 Å². The van der Waals surface area contributed by atoms with E-state index in [1.165, 1.54) is 109 Å².